The Morgan fingerprint density at radius 1 is 1.28 bits per heavy atom. The van der Waals surface area contributed by atoms with Gasteiger partial charge in [-0.15, -0.1) is 24.0 Å². The standard InChI is InChI=1S/C17H29N5O2.HI/c1-4-18-17(19-10-6-12-24-5-2)20-11-9-16(23)22-15-8-7-14(3)13-21-15;/h7-8,13H,4-6,9-12H2,1-3H3,(H2,18,19,20)(H,21,22,23);1H. The van der Waals surface area contributed by atoms with Gasteiger partial charge in [-0.3, -0.25) is 9.79 Å². The predicted octanol–water partition coefficient (Wildman–Crippen LogP) is 2.32. The van der Waals surface area contributed by atoms with Gasteiger partial charge in [0.25, 0.3) is 0 Å². The molecule has 1 aromatic heterocycles. The van der Waals surface area contributed by atoms with E-state index in [-0.39, 0.29) is 29.9 Å². The van der Waals surface area contributed by atoms with Gasteiger partial charge in [0.1, 0.15) is 5.82 Å². The summed E-state index contributed by atoms with van der Waals surface area (Å²) >= 11 is 0. The van der Waals surface area contributed by atoms with E-state index in [1.165, 1.54) is 0 Å². The molecule has 0 aromatic carbocycles. The van der Waals surface area contributed by atoms with E-state index in [0.717, 1.165) is 31.1 Å². The molecule has 142 valence electrons. The van der Waals surface area contributed by atoms with Crippen LogP contribution < -0.4 is 16.0 Å². The largest absolute Gasteiger partial charge is 0.382 e. The van der Waals surface area contributed by atoms with Gasteiger partial charge < -0.3 is 20.7 Å². The van der Waals surface area contributed by atoms with Crippen molar-refractivity contribution in [2.24, 2.45) is 4.99 Å². The second kappa shape index (κ2) is 14.9. The third kappa shape index (κ3) is 11.7. The second-order valence-corrected chi connectivity index (χ2v) is 5.26. The lowest BCUT2D eigenvalue weighted by atomic mass is 10.3. The predicted molar refractivity (Wildman–Crippen MR) is 113 cm³/mol. The van der Waals surface area contributed by atoms with Crippen molar-refractivity contribution in [3.63, 3.8) is 0 Å². The SMILES string of the molecule is CCNC(=NCCCOCC)NCCC(=O)Nc1ccc(C)cn1.I. The number of aliphatic imine (C=N–C) groups is 1. The van der Waals surface area contributed by atoms with E-state index in [0.29, 0.717) is 31.9 Å². The molecule has 1 heterocycles. The van der Waals surface area contributed by atoms with Gasteiger partial charge in [0, 0.05) is 45.5 Å². The van der Waals surface area contributed by atoms with Crippen molar-refractivity contribution in [3.8, 4) is 0 Å². The fraction of sp³-hybridized carbons (Fsp3) is 0.588. The van der Waals surface area contributed by atoms with Crippen LogP contribution in [0.2, 0.25) is 0 Å². The molecule has 0 spiro atoms. The lowest BCUT2D eigenvalue weighted by Crippen LogP contribution is -2.38. The summed E-state index contributed by atoms with van der Waals surface area (Å²) in [6.45, 7) is 9.36. The average molecular weight is 463 g/mol. The first-order valence-electron chi connectivity index (χ1n) is 8.48. The Morgan fingerprint density at radius 3 is 2.72 bits per heavy atom. The Hall–Kier alpha value is -1.42. The number of halogens is 1. The second-order valence-electron chi connectivity index (χ2n) is 5.26. The fourth-order valence-electron chi connectivity index (χ4n) is 1.89. The summed E-state index contributed by atoms with van der Waals surface area (Å²) in [5.41, 5.74) is 1.06. The van der Waals surface area contributed by atoms with Gasteiger partial charge in [-0.05, 0) is 38.8 Å². The van der Waals surface area contributed by atoms with Gasteiger partial charge in [-0.2, -0.15) is 0 Å². The zero-order chi connectivity index (χ0) is 17.6. The minimum Gasteiger partial charge on any atom is -0.382 e. The third-order valence-electron chi connectivity index (χ3n) is 3.09. The van der Waals surface area contributed by atoms with Crippen LogP contribution in [0.4, 0.5) is 5.82 Å². The number of anilines is 1. The van der Waals surface area contributed by atoms with E-state index in [9.17, 15) is 4.79 Å². The van der Waals surface area contributed by atoms with Crippen LogP contribution in [-0.2, 0) is 9.53 Å². The summed E-state index contributed by atoms with van der Waals surface area (Å²) in [4.78, 5) is 20.5. The zero-order valence-electron chi connectivity index (χ0n) is 15.3. The summed E-state index contributed by atoms with van der Waals surface area (Å²) in [7, 11) is 0. The van der Waals surface area contributed by atoms with Crippen LogP contribution in [0.15, 0.2) is 23.3 Å². The molecular formula is C17H30IN5O2. The van der Waals surface area contributed by atoms with E-state index < -0.39 is 0 Å². The minimum atomic E-state index is -0.0777. The molecule has 0 radical (unpaired) electrons. The van der Waals surface area contributed by atoms with Crippen LogP contribution in [0.25, 0.3) is 0 Å². The molecule has 0 bridgehead atoms. The molecule has 7 nitrogen and oxygen atoms in total. The van der Waals surface area contributed by atoms with E-state index >= 15 is 0 Å². The Kier molecular flexibility index (Phi) is 14.0. The number of carbonyl (C=O) groups is 1. The highest BCUT2D eigenvalue weighted by atomic mass is 127. The van der Waals surface area contributed by atoms with Gasteiger partial charge in [-0.25, -0.2) is 4.98 Å². The molecule has 8 heteroatoms. The molecule has 25 heavy (non-hydrogen) atoms. The van der Waals surface area contributed by atoms with Crippen molar-refractivity contribution in [2.45, 2.75) is 33.6 Å². The van der Waals surface area contributed by atoms with Gasteiger partial charge >= 0.3 is 0 Å². The van der Waals surface area contributed by atoms with Gasteiger partial charge in [0.15, 0.2) is 5.96 Å². The molecule has 0 atom stereocenters. The maximum atomic E-state index is 11.9. The molecule has 0 aliphatic carbocycles. The number of rotatable bonds is 10. The van der Waals surface area contributed by atoms with Crippen molar-refractivity contribution in [3.05, 3.63) is 23.9 Å². The van der Waals surface area contributed by atoms with Crippen LogP contribution in [-0.4, -0.2) is 49.7 Å². The van der Waals surface area contributed by atoms with E-state index in [2.05, 4.69) is 25.9 Å². The summed E-state index contributed by atoms with van der Waals surface area (Å²) in [5, 5.41) is 9.09. The van der Waals surface area contributed by atoms with E-state index in [1.807, 2.05) is 26.8 Å². The number of aromatic nitrogens is 1. The average Bonchev–Trinajstić information content (AvgIpc) is 2.56. The number of amides is 1. The van der Waals surface area contributed by atoms with Crippen LogP contribution in [0.3, 0.4) is 0 Å². The third-order valence-corrected chi connectivity index (χ3v) is 3.09. The molecular weight excluding hydrogens is 433 g/mol. The Bertz CT molecular complexity index is 508. The summed E-state index contributed by atoms with van der Waals surface area (Å²) in [6, 6.07) is 3.71. The highest BCUT2D eigenvalue weighted by molar-refractivity contribution is 14.0. The zero-order valence-corrected chi connectivity index (χ0v) is 17.6. The number of hydrogen-bond donors (Lipinski definition) is 3. The normalized spacial score (nSPS) is 10.8. The number of nitrogens with one attached hydrogen (secondary N) is 3. The Morgan fingerprint density at radius 2 is 2.08 bits per heavy atom. The lowest BCUT2D eigenvalue weighted by Gasteiger charge is -2.11. The molecule has 0 aliphatic rings. The molecule has 1 rings (SSSR count). The summed E-state index contributed by atoms with van der Waals surface area (Å²) < 4.78 is 5.28. The van der Waals surface area contributed by atoms with Crippen LogP contribution in [0, 0.1) is 6.92 Å². The Balaban J connectivity index is 0.00000576. The molecule has 0 saturated heterocycles. The van der Waals surface area contributed by atoms with Crippen molar-refractivity contribution in [1.29, 1.82) is 0 Å². The molecule has 1 amide bonds. The number of guanidine groups is 1. The summed E-state index contributed by atoms with van der Waals surface area (Å²) in [6.07, 6.45) is 2.95. The fourth-order valence-corrected chi connectivity index (χ4v) is 1.89. The van der Waals surface area contributed by atoms with E-state index in [1.54, 1.807) is 12.3 Å². The van der Waals surface area contributed by atoms with Crippen LogP contribution in [0.1, 0.15) is 32.3 Å². The van der Waals surface area contributed by atoms with Crippen LogP contribution in [0.5, 0.6) is 0 Å². The van der Waals surface area contributed by atoms with Crippen molar-refractivity contribution in [1.82, 2.24) is 15.6 Å². The molecule has 1 aromatic rings. The molecule has 0 unspecified atom stereocenters. The Labute approximate surface area is 167 Å². The molecule has 0 fully saturated rings. The van der Waals surface area contributed by atoms with E-state index in [4.69, 9.17) is 4.74 Å². The topological polar surface area (TPSA) is 87.6 Å². The monoisotopic (exact) mass is 463 g/mol. The number of hydrogen-bond acceptors (Lipinski definition) is 4. The highest BCUT2D eigenvalue weighted by Crippen LogP contribution is 2.03. The maximum Gasteiger partial charge on any atom is 0.227 e. The van der Waals surface area contributed by atoms with Gasteiger partial charge in [0.2, 0.25) is 5.91 Å². The number of nitrogens with zero attached hydrogens (tertiary/aromatic N) is 2. The minimum absolute atomic E-state index is 0. The molecule has 0 aliphatic heterocycles. The highest BCUT2D eigenvalue weighted by Gasteiger charge is 2.04. The first-order chi connectivity index (χ1) is 11.7. The first kappa shape index (κ1) is 23.6. The van der Waals surface area contributed by atoms with Crippen molar-refractivity contribution < 1.29 is 9.53 Å². The van der Waals surface area contributed by atoms with Crippen molar-refractivity contribution >= 4 is 41.7 Å². The maximum absolute atomic E-state index is 11.9. The van der Waals surface area contributed by atoms with Gasteiger partial charge in [-0.1, -0.05) is 6.07 Å². The lowest BCUT2D eigenvalue weighted by molar-refractivity contribution is -0.116. The summed E-state index contributed by atoms with van der Waals surface area (Å²) in [5.74, 6) is 1.21. The molecule has 0 saturated carbocycles. The number of pyridine rings is 1. The number of carbonyl (C=O) groups excluding carboxylic acids is 1. The van der Waals surface area contributed by atoms with Gasteiger partial charge in [0.05, 0.1) is 0 Å². The number of aryl methyl sites for hydroxylation is 1. The smallest absolute Gasteiger partial charge is 0.227 e. The number of ether oxygens (including phenoxy) is 1. The quantitative estimate of drug-likeness (QED) is 0.215. The van der Waals surface area contributed by atoms with Crippen molar-refractivity contribution in [2.75, 3.05) is 38.2 Å². The molecule has 3 N–H and O–H groups in total. The first-order valence-corrected chi connectivity index (χ1v) is 8.48. The van der Waals surface area contributed by atoms with Crippen LogP contribution >= 0.6 is 24.0 Å².